The Morgan fingerprint density at radius 1 is 0.927 bits per heavy atom. The van der Waals surface area contributed by atoms with Crippen LogP contribution in [0.2, 0.25) is 0 Å². The van der Waals surface area contributed by atoms with Crippen LogP contribution in [0.4, 0.5) is 26.3 Å². The van der Waals surface area contributed by atoms with Crippen LogP contribution in [-0.4, -0.2) is 36.7 Å². The van der Waals surface area contributed by atoms with Gasteiger partial charge in [-0.3, -0.25) is 9.69 Å². The predicted molar refractivity (Wildman–Crippen MR) is 140 cm³/mol. The lowest BCUT2D eigenvalue weighted by Gasteiger charge is -2.46. The van der Waals surface area contributed by atoms with E-state index in [2.05, 4.69) is 18.2 Å². The maximum atomic E-state index is 13.4. The van der Waals surface area contributed by atoms with Crippen molar-refractivity contribution in [3.63, 3.8) is 0 Å². The van der Waals surface area contributed by atoms with Crippen molar-refractivity contribution in [1.82, 2.24) is 4.90 Å². The molecule has 3 atom stereocenters. The molecule has 0 aromatic heterocycles. The van der Waals surface area contributed by atoms with Gasteiger partial charge in [-0.25, -0.2) is 0 Å². The lowest BCUT2D eigenvalue weighted by molar-refractivity contribution is -0.146. The largest absolute Gasteiger partial charge is 0.487 e. The molecule has 1 spiro atoms. The zero-order valence-corrected chi connectivity index (χ0v) is 23.4. The molecule has 224 valence electrons. The van der Waals surface area contributed by atoms with Crippen molar-refractivity contribution in [1.29, 1.82) is 0 Å². The van der Waals surface area contributed by atoms with Gasteiger partial charge in [0.1, 0.15) is 11.4 Å². The number of methoxy groups -OCH3 is 1. The van der Waals surface area contributed by atoms with E-state index in [4.69, 9.17) is 9.47 Å². The van der Waals surface area contributed by atoms with Crippen molar-refractivity contribution in [2.24, 2.45) is 11.8 Å². The number of rotatable bonds is 6. The number of hydrogen-bond acceptors (Lipinski definition) is 4. The number of alkyl halides is 6. The molecule has 1 saturated carbocycles. The molecule has 2 aromatic carbocycles. The Morgan fingerprint density at radius 3 is 2.07 bits per heavy atom. The monoisotopic (exact) mass is 583 g/mol. The van der Waals surface area contributed by atoms with E-state index in [0.29, 0.717) is 31.8 Å². The van der Waals surface area contributed by atoms with Gasteiger partial charge in [-0.15, -0.1) is 0 Å². The van der Waals surface area contributed by atoms with Gasteiger partial charge in [0.2, 0.25) is 0 Å². The van der Waals surface area contributed by atoms with Crippen LogP contribution in [-0.2, 0) is 28.3 Å². The minimum Gasteiger partial charge on any atom is -0.487 e. The van der Waals surface area contributed by atoms with Gasteiger partial charge in [0, 0.05) is 19.1 Å². The molecule has 2 heterocycles. The number of carbonyl (C=O) groups is 1. The lowest BCUT2D eigenvalue weighted by Crippen LogP contribution is -2.50. The standard InChI is InChI=1S/C31H35F6NO3/c1-18(28(39)40-3)27(21-5-6-21)22-7-4-20-8-9-29(41-26(20)16-22)10-12-38(13-11-29)19(2)23-14-24(30(32,33)34)17-25(15-23)31(35,36)37/h4,7,14-19,21,27H,5-6,8-13H2,1-3H3/t18-,19-,27+/m1/s1. The topological polar surface area (TPSA) is 38.8 Å². The summed E-state index contributed by atoms with van der Waals surface area (Å²) in [5.41, 5.74) is -0.895. The van der Waals surface area contributed by atoms with Crippen molar-refractivity contribution < 1.29 is 40.6 Å². The molecule has 0 N–H and O–H groups in total. The van der Waals surface area contributed by atoms with E-state index in [0.717, 1.165) is 54.7 Å². The van der Waals surface area contributed by atoms with Crippen LogP contribution in [0, 0.1) is 11.8 Å². The molecule has 1 aliphatic carbocycles. The Bertz CT molecular complexity index is 1250. The van der Waals surface area contributed by atoms with E-state index in [1.807, 2.05) is 11.8 Å². The van der Waals surface area contributed by atoms with Crippen molar-refractivity contribution >= 4 is 5.97 Å². The Balaban J connectivity index is 1.31. The fourth-order valence-electron chi connectivity index (χ4n) is 6.59. The summed E-state index contributed by atoms with van der Waals surface area (Å²) < 4.78 is 92.1. The Hall–Kier alpha value is -2.75. The summed E-state index contributed by atoms with van der Waals surface area (Å²) in [6, 6.07) is 7.39. The lowest BCUT2D eigenvalue weighted by atomic mass is 9.80. The Labute approximate surface area is 236 Å². The van der Waals surface area contributed by atoms with Crippen LogP contribution in [0.25, 0.3) is 0 Å². The van der Waals surface area contributed by atoms with Gasteiger partial charge in [-0.05, 0) is 98.2 Å². The van der Waals surface area contributed by atoms with Crippen LogP contribution in [0.15, 0.2) is 36.4 Å². The molecule has 0 radical (unpaired) electrons. The van der Waals surface area contributed by atoms with Gasteiger partial charge >= 0.3 is 18.3 Å². The SMILES string of the molecule is COC(=O)[C@H](C)[C@H](c1ccc2c(c1)OC1(CC2)CCN([C@H](C)c2cc(C(F)(F)F)cc(C(F)(F)F)c2)CC1)C1CC1. The molecule has 0 bridgehead atoms. The number of nitrogens with zero attached hydrogens (tertiary/aromatic N) is 1. The zero-order chi connectivity index (χ0) is 29.7. The predicted octanol–water partition coefficient (Wildman–Crippen LogP) is 7.95. The Morgan fingerprint density at radius 2 is 1.54 bits per heavy atom. The van der Waals surface area contributed by atoms with Crippen molar-refractivity contribution in [2.75, 3.05) is 20.2 Å². The number of piperidine rings is 1. The molecule has 5 rings (SSSR count). The average molecular weight is 584 g/mol. The third-order valence-electron chi connectivity index (χ3n) is 9.24. The number of fused-ring (bicyclic) bond motifs is 1. The third-order valence-corrected chi connectivity index (χ3v) is 9.24. The maximum absolute atomic E-state index is 13.4. The van der Waals surface area contributed by atoms with E-state index in [1.54, 1.807) is 6.92 Å². The quantitative estimate of drug-likeness (QED) is 0.256. The molecule has 41 heavy (non-hydrogen) atoms. The summed E-state index contributed by atoms with van der Waals surface area (Å²) in [6.07, 6.45) is -4.81. The molecule has 10 heteroatoms. The van der Waals surface area contributed by atoms with E-state index >= 15 is 0 Å². The maximum Gasteiger partial charge on any atom is 0.416 e. The smallest absolute Gasteiger partial charge is 0.416 e. The van der Waals surface area contributed by atoms with Crippen LogP contribution in [0.3, 0.4) is 0 Å². The van der Waals surface area contributed by atoms with Gasteiger partial charge in [-0.2, -0.15) is 26.3 Å². The third kappa shape index (κ3) is 6.22. The van der Waals surface area contributed by atoms with Gasteiger partial charge in [0.15, 0.2) is 0 Å². The number of likely N-dealkylation sites (tertiary alicyclic amines) is 1. The van der Waals surface area contributed by atoms with Gasteiger partial charge in [0.25, 0.3) is 0 Å². The molecule has 2 aliphatic heterocycles. The average Bonchev–Trinajstić information content (AvgIpc) is 3.76. The highest BCUT2D eigenvalue weighted by atomic mass is 19.4. The number of esters is 1. The fourth-order valence-corrected chi connectivity index (χ4v) is 6.59. The summed E-state index contributed by atoms with van der Waals surface area (Å²) in [5, 5.41) is 0. The number of aryl methyl sites for hydroxylation is 1. The zero-order valence-electron chi connectivity index (χ0n) is 23.4. The summed E-state index contributed by atoms with van der Waals surface area (Å²) in [5.74, 6) is 0.762. The summed E-state index contributed by atoms with van der Waals surface area (Å²) in [6.45, 7) is 4.52. The van der Waals surface area contributed by atoms with Crippen LogP contribution < -0.4 is 4.74 Å². The molecule has 2 aromatic rings. The molecule has 4 nitrogen and oxygen atoms in total. The van der Waals surface area contributed by atoms with E-state index < -0.39 is 35.1 Å². The number of halogens is 6. The van der Waals surface area contributed by atoms with E-state index in [9.17, 15) is 31.1 Å². The van der Waals surface area contributed by atoms with Gasteiger partial charge in [0.05, 0.1) is 24.2 Å². The molecule has 0 amide bonds. The first-order chi connectivity index (χ1) is 19.2. The highest BCUT2D eigenvalue weighted by molar-refractivity contribution is 5.73. The number of carbonyl (C=O) groups excluding carboxylic acids is 1. The number of ether oxygens (including phenoxy) is 2. The highest BCUT2D eigenvalue weighted by Gasteiger charge is 2.43. The van der Waals surface area contributed by atoms with Crippen molar-refractivity contribution in [2.45, 2.75) is 82.3 Å². The summed E-state index contributed by atoms with van der Waals surface area (Å²) >= 11 is 0. The second-order valence-corrected chi connectivity index (χ2v) is 11.9. The van der Waals surface area contributed by atoms with Crippen molar-refractivity contribution in [3.05, 3.63) is 64.2 Å². The van der Waals surface area contributed by atoms with E-state index in [-0.39, 0.29) is 29.4 Å². The Kier molecular flexibility index (Phi) is 7.85. The van der Waals surface area contributed by atoms with Crippen LogP contribution in [0.1, 0.15) is 85.7 Å². The molecule has 3 aliphatic rings. The van der Waals surface area contributed by atoms with Crippen molar-refractivity contribution in [3.8, 4) is 5.75 Å². The molecular weight excluding hydrogens is 548 g/mol. The molecule has 1 saturated heterocycles. The number of hydrogen-bond donors (Lipinski definition) is 0. The van der Waals surface area contributed by atoms with Gasteiger partial charge < -0.3 is 9.47 Å². The highest BCUT2D eigenvalue weighted by Crippen LogP contribution is 2.49. The fraction of sp³-hybridized carbons (Fsp3) is 0.581. The summed E-state index contributed by atoms with van der Waals surface area (Å²) in [4.78, 5) is 14.3. The van der Waals surface area contributed by atoms with Crippen LogP contribution >= 0.6 is 0 Å². The van der Waals surface area contributed by atoms with Crippen LogP contribution in [0.5, 0.6) is 5.75 Å². The molecular formula is C31H35F6NO3. The second-order valence-electron chi connectivity index (χ2n) is 11.9. The first-order valence-electron chi connectivity index (χ1n) is 14.1. The minimum atomic E-state index is -4.88. The minimum absolute atomic E-state index is 0.00602. The molecule has 0 unspecified atom stereocenters. The van der Waals surface area contributed by atoms with Gasteiger partial charge in [-0.1, -0.05) is 19.1 Å². The van der Waals surface area contributed by atoms with E-state index in [1.165, 1.54) is 7.11 Å². The first kappa shape index (κ1) is 29.7. The first-order valence-corrected chi connectivity index (χ1v) is 14.1. The molecule has 2 fully saturated rings. The number of benzene rings is 2. The normalized spacial score (nSPS) is 21.5. The summed E-state index contributed by atoms with van der Waals surface area (Å²) in [7, 11) is 1.40. The second kappa shape index (κ2) is 10.8.